The molecule has 0 spiro atoms. The number of hydrogen-bond acceptors (Lipinski definition) is 5. The van der Waals surface area contributed by atoms with Crippen LogP contribution in [0.4, 0.5) is 18.9 Å². The Morgan fingerprint density at radius 2 is 1.64 bits per heavy atom. The van der Waals surface area contributed by atoms with Crippen molar-refractivity contribution in [2.45, 2.75) is 30.4 Å². The van der Waals surface area contributed by atoms with Crippen molar-refractivity contribution in [1.82, 2.24) is 19.3 Å². The van der Waals surface area contributed by atoms with Gasteiger partial charge in [-0.25, -0.2) is 14.6 Å². The Labute approximate surface area is 209 Å². The SMILES string of the molecule is Cc1c(NC(=O)[C@@H](C)Sc2nc(-c3ccccc3)cc(C(F)(F)F)n2)c(=O)n(-c2ccccc2)n1C. The number of benzene rings is 2. The van der Waals surface area contributed by atoms with Gasteiger partial charge in [0.2, 0.25) is 5.91 Å². The fourth-order valence-corrected chi connectivity index (χ4v) is 4.31. The maximum atomic E-state index is 13.5. The van der Waals surface area contributed by atoms with Crippen LogP contribution < -0.4 is 10.9 Å². The lowest BCUT2D eigenvalue weighted by Gasteiger charge is -2.13. The van der Waals surface area contributed by atoms with Crippen molar-refractivity contribution in [1.29, 1.82) is 0 Å². The van der Waals surface area contributed by atoms with E-state index in [-0.39, 0.29) is 16.5 Å². The molecule has 186 valence electrons. The molecule has 0 saturated carbocycles. The number of carbonyl (C=O) groups is 1. The zero-order chi connectivity index (χ0) is 26.0. The van der Waals surface area contributed by atoms with Gasteiger partial charge in [-0.3, -0.25) is 14.3 Å². The summed E-state index contributed by atoms with van der Waals surface area (Å²) in [5, 5.41) is 1.54. The molecule has 7 nitrogen and oxygen atoms in total. The minimum atomic E-state index is -4.68. The van der Waals surface area contributed by atoms with Crippen LogP contribution in [-0.2, 0) is 18.0 Å². The number of anilines is 1. The summed E-state index contributed by atoms with van der Waals surface area (Å²) >= 11 is 0.779. The van der Waals surface area contributed by atoms with Gasteiger partial charge in [-0.05, 0) is 32.0 Å². The van der Waals surface area contributed by atoms with Crippen molar-refractivity contribution in [2.24, 2.45) is 7.05 Å². The quantitative estimate of drug-likeness (QED) is 0.287. The summed E-state index contributed by atoms with van der Waals surface area (Å²) in [5.74, 6) is -0.562. The molecule has 1 N–H and O–H groups in total. The van der Waals surface area contributed by atoms with Crippen LogP contribution in [0.1, 0.15) is 18.3 Å². The van der Waals surface area contributed by atoms with Crippen molar-refractivity contribution in [3.8, 4) is 16.9 Å². The van der Waals surface area contributed by atoms with E-state index in [1.807, 2.05) is 6.07 Å². The maximum absolute atomic E-state index is 13.5. The number of rotatable bonds is 6. The van der Waals surface area contributed by atoms with Crippen LogP contribution in [0, 0.1) is 6.92 Å². The predicted octanol–water partition coefficient (Wildman–Crippen LogP) is 5.08. The highest BCUT2D eigenvalue weighted by Gasteiger charge is 2.34. The van der Waals surface area contributed by atoms with E-state index in [0.29, 0.717) is 16.9 Å². The maximum Gasteiger partial charge on any atom is 0.433 e. The summed E-state index contributed by atoms with van der Waals surface area (Å²) in [6.07, 6.45) is -4.68. The molecule has 0 aliphatic carbocycles. The highest BCUT2D eigenvalue weighted by Crippen LogP contribution is 2.33. The van der Waals surface area contributed by atoms with Gasteiger partial charge in [0.1, 0.15) is 11.4 Å². The summed E-state index contributed by atoms with van der Waals surface area (Å²) in [7, 11) is 1.69. The van der Waals surface area contributed by atoms with Gasteiger partial charge in [0.05, 0.1) is 22.3 Å². The first-order valence-electron chi connectivity index (χ1n) is 10.9. The van der Waals surface area contributed by atoms with E-state index in [0.717, 1.165) is 17.8 Å². The van der Waals surface area contributed by atoms with Crippen LogP contribution >= 0.6 is 11.8 Å². The first-order chi connectivity index (χ1) is 17.1. The van der Waals surface area contributed by atoms with Crippen LogP contribution in [0.15, 0.2) is 76.7 Å². The third kappa shape index (κ3) is 5.20. The number of halogens is 3. The van der Waals surface area contributed by atoms with Crippen LogP contribution in [0.5, 0.6) is 0 Å². The fourth-order valence-electron chi connectivity index (χ4n) is 3.53. The van der Waals surface area contributed by atoms with Crippen LogP contribution in [-0.4, -0.2) is 30.5 Å². The molecule has 2 aromatic heterocycles. The molecule has 36 heavy (non-hydrogen) atoms. The Morgan fingerprint density at radius 3 is 2.25 bits per heavy atom. The minimum absolute atomic E-state index is 0.0914. The third-order valence-corrected chi connectivity index (χ3v) is 6.48. The molecule has 4 aromatic rings. The second kappa shape index (κ2) is 10.0. The average molecular weight is 514 g/mol. The minimum Gasteiger partial charge on any atom is -0.319 e. The van der Waals surface area contributed by atoms with Gasteiger partial charge in [0.15, 0.2) is 5.16 Å². The number of para-hydroxylation sites is 1. The number of carbonyl (C=O) groups excluding carboxylic acids is 1. The average Bonchev–Trinajstić information content (AvgIpc) is 3.07. The number of hydrogen-bond donors (Lipinski definition) is 1. The molecule has 0 aliphatic heterocycles. The first kappa shape index (κ1) is 25.2. The van der Waals surface area contributed by atoms with E-state index < -0.39 is 28.6 Å². The Bertz CT molecular complexity index is 1450. The predicted molar refractivity (Wildman–Crippen MR) is 132 cm³/mol. The summed E-state index contributed by atoms with van der Waals surface area (Å²) in [6.45, 7) is 3.20. The zero-order valence-electron chi connectivity index (χ0n) is 19.6. The molecule has 0 unspecified atom stereocenters. The molecule has 1 atom stereocenters. The largest absolute Gasteiger partial charge is 0.433 e. The molecule has 4 rings (SSSR count). The molecular weight excluding hydrogens is 491 g/mol. The summed E-state index contributed by atoms with van der Waals surface area (Å²) < 4.78 is 43.5. The molecule has 0 fully saturated rings. The van der Waals surface area contributed by atoms with Crippen LogP contribution in [0.25, 0.3) is 16.9 Å². The Balaban J connectivity index is 1.60. The van der Waals surface area contributed by atoms with Gasteiger partial charge in [0, 0.05) is 12.6 Å². The van der Waals surface area contributed by atoms with Gasteiger partial charge in [-0.15, -0.1) is 0 Å². The summed E-state index contributed by atoms with van der Waals surface area (Å²) in [4.78, 5) is 33.9. The Hall–Kier alpha value is -3.86. The molecule has 2 aromatic carbocycles. The number of nitrogens with one attached hydrogen (secondary N) is 1. The second-order valence-electron chi connectivity index (χ2n) is 7.97. The number of amides is 1. The van der Waals surface area contributed by atoms with Crippen molar-refractivity contribution < 1.29 is 18.0 Å². The molecule has 11 heteroatoms. The molecule has 0 radical (unpaired) electrons. The third-order valence-electron chi connectivity index (χ3n) is 5.52. The van der Waals surface area contributed by atoms with Crippen LogP contribution in [0.3, 0.4) is 0 Å². The highest BCUT2D eigenvalue weighted by atomic mass is 32.2. The molecule has 1 amide bonds. The molecule has 2 heterocycles. The highest BCUT2D eigenvalue weighted by molar-refractivity contribution is 8.00. The fraction of sp³-hybridized carbons (Fsp3) is 0.200. The van der Waals surface area contributed by atoms with Crippen molar-refractivity contribution in [3.63, 3.8) is 0 Å². The summed E-state index contributed by atoms with van der Waals surface area (Å²) in [6, 6.07) is 18.2. The topological polar surface area (TPSA) is 81.8 Å². The van der Waals surface area contributed by atoms with E-state index >= 15 is 0 Å². The van der Waals surface area contributed by atoms with Crippen molar-refractivity contribution in [3.05, 3.63) is 88.5 Å². The molecule has 0 saturated heterocycles. The lowest BCUT2D eigenvalue weighted by molar-refractivity contribution is -0.141. The second-order valence-corrected chi connectivity index (χ2v) is 9.28. The number of aromatic nitrogens is 4. The van der Waals surface area contributed by atoms with E-state index in [1.165, 1.54) is 11.6 Å². The zero-order valence-corrected chi connectivity index (χ0v) is 20.4. The molecule has 0 bridgehead atoms. The van der Waals surface area contributed by atoms with Crippen molar-refractivity contribution >= 4 is 23.4 Å². The Morgan fingerprint density at radius 1 is 1.03 bits per heavy atom. The van der Waals surface area contributed by atoms with Gasteiger partial charge in [0.25, 0.3) is 5.56 Å². The standard InChI is InChI=1S/C25H22F3N5O2S/c1-15-21(23(35)33(32(15)3)18-12-8-5-9-13-18)31-22(34)16(2)36-24-29-19(17-10-6-4-7-11-17)14-20(30-24)25(26,27)28/h4-14,16H,1-3H3,(H,31,34)/t16-/m1/s1. The van der Waals surface area contributed by atoms with Gasteiger partial charge < -0.3 is 5.32 Å². The lowest BCUT2D eigenvalue weighted by Crippen LogP contribution is -2.27. The smallest absolute Gasteiger partial charge is 0.319 e. The molecule has 0 aliphatic rings. The lowest BCUT2D eigenvalue weighted by atomic mass is 10.1. The van der Waals surface area contributed by atoms with E-state index in [9.17, 15) is 22.8 Å². The normalized spacial score (nSPS) is 12.4. The van der Waals surface area contributed by atoms with E-state index in [4.69, 9.17) is 0 Å². The van der Waals surface area contributed by atoms with Crippen molar-refractivity contribution in [2.75, 3.05) is 5.32 Å². The Kier molecular flexibility index (Phi) is 7.02. The monoisotopic (exact) mass is 513 g/mol. The van der Waals surface area contributed by atoms with Gasteiger partial charge in [-0.1, -0.05) is 60.3 Å². The van der Waals surface area contributed by atoms with Gasteiger partial charge in [-0.2, -0.15) is 13.2 Å². The number of alkyl halides is 3. The van der Waals surface area contributed by atoms with Gasteiger partial charge >= 0.3 is 6.18 Å². The molecular formula is C25H22F3N5O2S. The van der Waals surface area contributed by atoms with Crippen LogP contribution in [0.2, 0.25) is 0 Å². The first-order valence-corrected chi connectivity index (χ1v) is 11.8. The van der Waals surface area contributed by atoms with E-state index in [1.54, 1.807) is 73.3 Å². The van der Waals surface area contributed by atoms with E-state index in [2.05, 4.69) is 15.3 Å². The number of thioether (sulfide) groups is 1. The number of nitrogens with zero attached hydrogens (tertiary/aromatic N) is 4. The summed E-state index contributed by atoms with van der Waals surface area (Å²) in [5.41, 5.74) is 0.305.